The molecule has 18 heavy (non-hydrogen) atoms. The van der Waals surface area contributed by atoms with E-state index in [4.69, 9.17) is 15.4 Å². The first-order valence-corrected chi connectivity index (χ1v) is 6.49. The summed E-state index contributed by atoms with van der Waals surface area (Å²) >= 11 is 0. The molecule has 0 aromatic rings. The van der Waals surface area contributed by atoms with Crippen molar-refractivity contribution in [1.82, 2.24) is 4.90 Å². The van der Waals surface area contributed by atoms with Crippen LogP contribution in [0.3, 0.4) is 0 Å². The second-order valence-corrected chi connectivity index (χ2v) is 5.76. The molecule has 0 aliphatic carbocycles. The van der Waals surface area contributed by atoms with Crippen molar-refractivity contribution in [1.29, 1.82) is 0 Å². The van der Waals surface area contributed by atoms with E-state index in [0.29, 0.717) is 0 Å². The van der Waals surface area contributed by atoms with Crippen LogP contribution in [0, 0.1) is 0 Å². The zero-order chi connectivity index (χ0) is 14.1. The Morgan fingerprint density at radius 2 is 2.00 bits per heavy atom. The van der Waals surface area contributed by atoms with E-state index in [0.717, 1.165) is 4.90 Å². The molecule has 0 saturated carbocycles. The van der Waals surface area contributed by atoms with Crippen molar-refractivity contribution in [3.05, 3.63) is 0 Å². The maximum absolute atomic E-state index is 11.5. The number of hydrogen-bond donors (Lipinski definition) is 3. The summed E-state index contributed by atoms with van der Waals surface area (Å²) in [5.74, 6) is -3.63. The molecule has 1 rings (SSSR count). The van der Waals surface area contributed by atoms with Gasteiger partial charge in [-0.1, -0.05) is 0 Å². The molecule has 0 spiro atoms. The Hall–Kier alpha value is -1.68. The first-order chi connectivity index (χ1) is 8.12. The van der Waals surface area contributed by atoms with Crippen molar-refractivity contribution in [2.45, 2.75) is 24.1 Å². The molecule has 0 aromatic carbocycles. The highest BCUT2D eigenvalue weighted by Crippen LogP contribution is 2.20. The molecule has 2 atom stereocenters. The number of aliphatic carboxylic acids is 2. The summed E-state index contributed by atoms with van der Waals surface area (Å²) < 4.78 is 22.1. The van der Waals surface area contributed by atoms with Gasteiger partial charge in [-0.2, -0.15) is 0 Å². The largest absolute Gasteiger partial charge is 0.481 e. The van der Waals surface area contributed by atoms with E-state index >= 15 is 0 Å². The Balaban J connectivity index is 2.91. The van der Waals surface area contributed by atoms with Crippen LogP contribution in [-0.2, 0) is 24.4 Å². The van der Waals surface area contributed by atoms with Gasteiger partial charge in [0.05, 0.1) is 6.42 Å². The molecule has 9 nitrogen and oxygen atoms in total. The van der Waals surface area contributed by atoms with Crippen molar-refractivity contribution < 1.29 is 33.0 Å². The van der Waals surface area contributed by atoms with Crippen LogP contribution in [0.15, 0.2) is 0 Å². The minimum absolute atomic E-state index is 0.401. The fourth-order valence-corrected chi connectivity index (χ4v) is 2.46. The molecule has 0 radical (unpaired) electrons. The van der Waals surface area contributed by atoms with Crippen LogP contribution in [0.2, 0.25) is 0 Å². The fourth-order valence-electron chi connectivity index (χ4n) is 1.72. The van der Waals surface area contributed by atoms with Crippen LogP contribution in [0.5, 0.6) is 0 Å². The lowest BCUT2D eigenvalue weighted by molar-refractivity contribution is -0.153. The molecule has 1 aliphatic heterocycles. The average molecular weight is 280 g/mol. The molecule has 1 fully saturated rings. The highest BCUT2D eigenvalue weighted by atomic mass is 32.2. The molecule has 4 N–H and O–H groups in total. The van der Waals surface area contributed by atoms with E-state index < -0.39 is 58.5 Å². The molecule has 1 saturated heterocycles. The number of primary sulfonamides is 1. The van der Waals surface area contributed by atoms with E-state index in [2.05, 4.69) is 0 Å². The van der Waals surface area contributed by atoms with Crippen molar-refractivity contribution in [3.63, 3.8) is 0 Å². The minimum atomic E-state index is -3.96. The van der Waals surface area contributed by atoms with Gasteiger partial charge in [0.1, 0.15) is 11.3 Å². The predicted octanol–water partition coefficient (Wildman–Crippen LogP) is -2.20. The number of carboxylic acids is 2. The summed E-state index contributed by atoms with van der Waals surface area (Å²) in [5, 5.41) is 21.1. The number of carbonyl (C=O) groups is 3. The Morgan fingerprint density at radius 1 is 1.44 bits per heavy atom. The highest BCUT2D eigenvalue weighted by molar-refractivity contribution is 7.89. The average Bonchev–Trinajstić information content (AvgIpc) is 2.55. The number of carbonyl (C=O) groups excluding carboxylic acids is 1. The highest BCUT2D eigenvalue weighted by Gasteiger charge is 2.42. The Kier molecular flexibility index (Phi) is 3.92. The maximum atomic E-state index is 11.5. The number of sulfonamides is 1. The Morgan fingerprint density at radius 3 is 2.33 bits per heavy atom. The third-order valence-electron chi connectivity index (χ3n) is 2.62. The van der Waals surface area contributed by atoms with Gasteiger partial charge in [0.25, 0.3) is 0 Å². The fraction of sp³-hybridized carbons (Fsp3) is 0.625. The van der Waals surface area contributed by atoms with Crippen molar-refractivity contribution in [2.24, 2.45) is 5.14 Å². The van der Waals surface area contributed by atoms with Crippen LogP contribution < -0.4 is 5.14 Å². The van der Waals surface area contributed by atoms with Crippen LogP contribution in [-0.4, -0.2) is 59.2 Å². The van der Waals surface area contributed by atoms with Gasteiger partial charge >= 0.3 is 11.9 Å². The standard InChI is InChI=1S/C8H12N2O7S/c9-18(16,17)4-1-6(11)10(3-4)5(8(14)15)2-7(12)13/h4-5H,1-3H2,(H,12,13)(H,14,15)(H2,9,16,17)/t4?,5-/m0/s1. The molecule has 1 amide bonds. The van der Waals surface area contributed by atoms with E-state index in [1.54, 1.807) is 0 Å². The van der Waals surface area contributed by atoms with Gasteiger partial charge in [-0.25, -0.2) is 18.4 Å². The SMILES string of the molecule is NS(=O)(=O)C1CC(=O)N([C@@H](CC(=O)O)C(=O)O)C1. The lowest BCUT2D eigenvalue weighted by atomic mass is 10.2. The van der Waals surface area contributed by atoms with E-state index in [1.807, 2.05) is 0 Å². The van der Waals surface area contributed by atoms with Crippen LogP contribution in [0.25, 0.3) is 0 Å². The monoisotopic (exact) mass is 280 g/mol. The number of nitrogens with zero attached hydrogens (tertiary/aromatic N) is 1. The quantitative estimate of drug-likeness (QED) is 0.516. The molecular formula is C8H12N2O7S. The summed E-state index contributed by atoms with van der Waals surface area (Å²) in [4.78, 5) is 33.6. The van der Waals surface area contributed by atoms with Gasteiger partial charge in [-0.05, 0) is 0 Å². The van der Waals surface area contributed by atoms with Gasteiger partial charge in [0.15, 0.2) is 0 Å². The number of nitrogens with two attached hydrogens (primary N) is 1. The first-order valence-electron chi connectivity index (χ1n) is 4.88. The van der Waals surface area contributed by atoms with Crippen LogP contribution in [0.4, 0.5) is 0 Å². The topological polar surface area (TPSA) is 155 Å². The van der Waals surface area contributed by atoms with Crippen molar-refractivity contribution >= 4 is 27.9 Å². The van der Waals surface area contributed by atoms with Crippen molar-refractivity contribution in [2.75, 3.05) is 6.54 Å². The van der Waals surface area contributed by atoms with Gasteiger partial charge in [-0.15, -0.1) is 0 Å². The van der Waals surface area contributed by atoms with Gasteiger partial charge in [-0.3, -0.25) is 9.59 Å². The number of carboxylic acid groups (broad SMARTS) is 2. The number of hydrogen-bond acceptors (Lipinski definition) is 5. The third-order valence-corrected chi connectivity index (χ3v) is 3.86. The summed E-state index contributed by atoms with van der Waals surface area (Å²) in [6.45, 7) is -0.401. The third kappa shape index (κ3) is 3.17. The second-order valence-electron chi connectivity index (χ2n) is 3.91. The first kappa shape index (κ1) is 14.4. The van der Waals surface area contributed by atoms with E-state index in [-0.39, 0.29) is 0 Å². The molecule has 0 bridgehead atoms. The lowest BCUT2D eigenvalue weighted by Crippen LogP contribution is -2.44. The molecular weight excluding hydrogens is 268 g/mol. The van der Waals surface area contributed by atoms with Gasteiger partial charge in [0.2, 0.25) is 15.9 Å². The lowest BCUT2D eigenvalue weighted by Gasteiger charge is -2.22. The summed E-state index contributed by atoms with van der Waals surface area (Å²) in [7, 11) is -3.96. The zero-order valence-corrected chi connectivity index (χ0v) is 9.96. The molecule has 102 valence electrons. The van der Waals surface area contributed by atoms with Crippen LogP contribution >= 0.6 is 0 Å². The molecule has 1 aliphatic rings. The molecule has 10 heteroatoms. The van der Waals surface area contributed by atoms with E-state index in [9.17, 15) is 22.8 Å². The Labute approximate surface area is 102 Å². The second kappa shape index (κ2) is 4.90. The normalized spacial score (nSPS) is 21.9. The van der Waals surface area contributed by atoms with Gasteiger partial charge < -0.3 is 15.1 Å². The number of rotatable bonds is 5. The summed E-state index contributed by atoms with van der Waals surface area (Å²) in [6, 6.07) is -1.58. The molecule has 0 aromatic heterocycles. The zero-order valence-electron chi connectivity index (χ0n) is 9.14. The van der Waals surface area contributed by atoms with Crippen molar-refractivity contribution in [3.8, 4) is 0 Å². The summed E-state index contributed by atoms with van der Waals surface area (Å²) in [5.41, 5.74) is 0. The number of amides is 1. The predicted molar refractivity (Wildman–Crippen MR) is 56.9 cm³/mol. The molecule has 1 heterocycles. The maximum Gasteiger partial charge on any atom is 0.327 e. The summed E-state index contributed by atoms with van der Waals surface area (Å²) in [6.07, 6.45) is -1.22. The minimum Gasteiger partial charge on any atom is -0.481 e. The Bertz CT molecular complexity index is 486. The molecule has 1 unspecified atom stereocenters. The smallest absolute Gasteiger partial charge is 0.327 e. The van der Waals surface area contributed by atoms with Gasteiger partial charge in [0, 0.05) is 13.0 Å². The van der Waals surface area contributed by atoms with Crippen LogP contribution in [0.1, 0.15) is 12.8 Å². The van der Waals surface area contributed by atoms with E-state index in [1.165, 1.54) is 0 Å². The number of likely N-dealkylation sites (tertiary alicyclic amines) is 1.